The van der Waals surface area contributed by atoms with E-state index in [1.807, 2.05) is 36.4 Å². The summed E-state index contributed by atoms with van der Waals surface area (Å²) < 4.78 is 6.32. The van der Waals surface area contributed by atoms with Gasteiger partial charge in [-0.25, -0.2) is 4.98 Å². The highest BCUT2D eigenvalue weighted by atomic mass is 32.1. The number of aliphatic hydroxyl groups excluding tert-OH is 1. The number of hydrogen-bond acceptors (Lipinski definition) is 6. The minimum Gasteiger partial charge on any atom is -0.510 e. The second-order valence-corrected chi connectivity index (χ2v) is 8.23. The molecule has 0 radical (unpaired) electrons. The maximum atomic E-state index is 12.6. The van der Waals surface area contributed by atoms with Gasteiger partial charge in [-0.1, -0.05) is 12.1 Å². The van der Waals surface area contributed by atoms with E-state index in [-0.39, 0.29) is 24.0 Å². The van der Waals surface area contributed by atoms with Gasteiger partial charge in [0.15, 0.2) is 0 Å². The molecule has 3 heterocycles. The summed E-state index contributed by atoms with van der Waals surface area (Å²) in [4.78, 5) is 20.7. The zero-order valence-corrected chi connectivity index (χ0v) is 17.0. The number of rotatable bonds is 3. The SMILES string of the molecule is N=C1C(c2nc3ccccc3s2)=C(O)CN1c1ccc(C(=O)N2CCOCC2)cc1. The van der Waals surface area contributed by atoms with Gasteiger partial charge in [-0.05, 0) is 36.4 Å². The van der Waals surface area contributed by atoms with E-state index in [9.17, 15) is 9.90 Å². The molecule has 3 aromatic rings. The number of hydrogen-bond donors (Lipinski definition) is 2. The molecule has 2 N–H and O–H groups in total. The fourth-order valence-electron chi connectivity index (χ4n) is 3.74. The van der Waals surface area contributed by atoms with Crippen LogP contribution in [0.25, 0.3) is 15.8 Å². The van der Waals surface area contributed by atoms with Gasteiger partial charge in [-0.15, -0.1) is 11.3 Å². The summed E-state index contributed by atoms with van der Waals surface area (Å²) in [6, 6.07) is 15.0. The molecule has 1 amide bonds. The lowest BCUT2D eigenvalue weighted by Gasteiger charge is -2.27. The van der Waals surface area contributed by atoms with E-state index < -0.39 is 0 Å². The predicted octanol–water partition coefficient (Wildman–Crippen LogP) is 3.54. The summed E-state index contributed by atoms with van der Waals surface area (Å²) in [6.45, 7) is 2.53. The molecule has 2 aliphatic heterocycles. The van der Waals surface area contributed by atoms with Crippen LogP contribution in [0.4, 0.5) is 5.69 Å². The molecule has 1 fully saturated rings. The summed E-state index contributed by atoms with van der Waals surface area (Å²) in [5.74, 6) is 0.323. The van der Waals surface area contributed by atoms with Crippen LogP contribution in [0.5, 0.6) is 0 Å². The van der Waals surface area contributed by atoms with Crippen molar-refractivity contribution in [3.05, 3.63) is 64.9 Å². The number of para-hydroxylation sites is 1. The fraction of sp³-hybridized carbons (Fsp3) is 0.227. The number of aliphatic hydroxyl groups is 1. The molecule has 0 bridgehead atoms. The van der Waals surface area contributed by atoms with Crippen molar-refractivity contribution in [3.8, 4) is 0 Å². The van der Waals surface area contributed by atoms with Crippen molar-refractivity contribution in [1.82, 2.24) is 9.88 Å². The van der Waals surface area contributed by atoms with Crippen LogP contribution in [0.1, 0.15) is 15.4 Å². The normalized spacial score (nSPS) is 17.3. The Bertz CT molecular complexity index is 1130. The molecule has 30 heavy (non-hydrogen) atoms. The zero-order valence-electron chi connectivity index (χ0n) is 16.2. The summed E-state index contributed by atoms with van der Waals surface area (Å²) in [5.41, 5.74) is 2.68. The largest absolute Gasteiger partial charge is 0.510 e. The third-order valence-electron chi connectivity index (χ3n) is 5.34. The van der Waals surface area contributed by atoms with Gasteiger partial charge in [0.1, 0.15) is 16.6 Å². The van der Waals surface area contributed by atoms with Crippen molar-refractivity contribution in [2.75, 3.05) is 37.7 Å². The molecule has 0 saturated carbocycles. The smallest absolute Gasteiger partial charge is 0.254 e. The number of nitrogens with zero attached hydrogens (tertiary/aromatic N) is 3. The summed E-state index contributed by atoms with van der Waals surface area (Å²) >= 11 is 1.46. The van der Waals surface area contributed by atoms with E-state index in [1.54, 1.807) is 21.9 Å². The van der Waals surface area contributed by atoms with E-state index >= 15 is 0 Å². The first-order valence-corrected chi connectivity index (χ1v) is 10.5. The zero-order chi connectivity index (χ0) is 20.7. The number of carbonyl (C=O) groups is 1. The Morgan fingerprint density at radius 2 is 1.83 bits per heavy atom. The van der Waals surface area contributed by atoms with Gasteiger partial charge < -0.3 is 19.6 Å². The number of amidine groups is 1. The Hall–Kier alpha value is -3.23. The second kappa shape index (κ2) is 7.55. The van der Waals surface area contributed by atoms with Crippen LogP contribution in [0.15, 0.2) is 54.3 Å². The number of morpholine rings is 1. The summed E-state index contributed by atoms with van der Waals surface area (Å²) in [5, 5.41) is 19.8. The number of benzene rings is 2. The highest BCUT2D eigenvalue weighted by molar-refractivity contribution is 7.19. The summed E-state index contributed by atoms with van der Waals surface area (Å²) in [7, 11) is 0. The number of nitrogens with one attached hydrogen (secondary N) is 1. The van der Waals surface area contributed by atoms with Gasteiger partial charge in [0.25, 0.3) is 5.91 Å². The molecule has 5 rings (SSSR count). The van der Waals surface area contributed by atoms with Crippen LogP contribution in [-0.2, 0) is 4.74 Å². The van der Waals surface area contributed by atoms with Crippen LogP contribution in [0.3, 0.4) is 0 Å². The van der Waals surface area contributed by atoms with E-state index in [1.165, 1.54) is 11.3 Å². The van der Waals surface area contributed by atoms with Gasteiger partial charge in [0.05, 0.1) is 35.5 Å². The lowest BCUT2D eigenvalue weighted by atomic mass is 10.1. The first-order chi connectivity index (χ1) is 14.6. The molecule has 0 spiro atoms. The van der Waals surface area contributed by atoms with E-state index in [2.05, 4.69) is 4.98 Å². The number of anilines is 1. The minimum absolute atomic E-state index is 0.0162. The Morgan fingerprint density at radius 1 is 1.10 bits per heavy atom. The van der Waals surface area contributed by atoms with Crippen molar-refractivity contribution in [3.63, 3.8) is 0 Å². The van der Waals surface area contributed by atoms with Gasteiger partial charge in [0, 0.05) is 24.3 Å². The number of thiazole rings is 1. The van der Waals surface area contributed by atoms with Gasteiger partial charge in [-0.2, -0.15) is 0 Å². The number of aromatic nitrogens is 1. The van der Waals surface area contributed by atoms with Crippen LogP contribution in [-0.4, -0.2) is 59.6 Å². The number of fused-ring (bicyclic) bond motifs is 1. The predicted molar refractivity (Wildman–Crippen MR) is 117 cm³/mol. The van der Waals surface area contributed by atoms with Crippen LogP contribution in [0, 0.1) is 5.41 Å². The number of amides is 1. The number of ether oxygens (including phenoxy) is 1. The highest BCUT2D eigenvalue weighted by Crippen LogP contribution is 2.35. The molecule has 1 aromatic heterocycles. The standard InChI is InChI=1S/C22H20N4O3S/c23-20-19(21-24-16-3-1-2-4-18(16)30-21)17(27)13-26(20)15-7-5-14(6-8-15)22(28)25-9-11-29-12-10-25/h1-8,23,27H,9-13H2. The average molecular weight is 420 g/mol. The second-order valence-electron chi connectivity index (χ2n) is 7.19. The molecule has 7 nitrogen and oxygen atoms in total. The Kier molecular flexibility index (Phi) is 4.72. The van der Waals surface area contributed by atoms with Crippen molar-refractivity contribution >= 4 is 44.6 Å². The maximum Gasteiger partial charge on any atom is 0.254 e. The fourth-order valence-corrected chi connectivity index (χ4v) is 4.77. The lowest BCUT2D eigenvalue weighted by molar-refractivity contribution is 0.0303. The maximum absolute atomic E-state index is 12.6. The van der Waals surface area contributed by atoms with Crippen molar-refractivity contribution in [2.24, 2.45) is 0 Å². The molecule has 152 valence electrons. The van der Waals surface area contributed by atoms with E-state index in [0.717, 1.165) is 15.9 Å². The molecule has 0 atom stereocenters. The Morgan fingerprint density at radius 3 is 2.57 bits per heavy atom. The number of carbonyl (C=O) groups excluding carboxylic acids is 1. The van der Waals surface area contributed by atoms with E-state index in [0.29, 0.717) is 42.4 Å². The van der Waals surface area contributed by atoms with Gasteiger partial charge >= 0.3 is 0 Å². The molecule has 8 heteroatoms. The summed E-state index contributed by atoms with van der Waals surface area (Å²) in [6.07, 6.45) is 0. The highest BCUT2D eigenvalue weighted by Gasteiger charge is 2.31. The molecular formula is C22H20N4O3S. The Balaban J connectivity index is 1.37. The molecular weight excluding hydrogens is 400 g/mol. The molecule has 0 unspecified atom stereocenters. The van der Waals surface area contributed by atoms with Gasteiger partial charge in [-0.3, -0.25) is 10.2 Å². The van der Waals surface area contributed by atoms with Crippen molar-refractivity contribution in [2.45, 2.75) is 0 Å². The quantitative estimate of drug-likeness (QED) is 0.677. The third kappa shape index (κ3) is 3.24. The van der Waals surface area contributed by atoms with Crippen molar-refractivity contribution < 1.29 is 14.6 Å². The monoisotopic (exact) mass is 420 g/mol. The van der Waals surface area contributed by atoms with E-state index in [4.69, 9.17) is 10.1 Å². The first-order valence-electron chi connectivity index (χ1n) is 9.73. The van der Waals surface area contributed by atoms with Crippen LogP contribution < -0.4 is 4.90 Å². The van der Waals surface area contributed by atoms with Gasteiger partial charge in [0.2, 0.25) is 0 Å². The molecule has 1 saturated heterocycles. The molecule has 0 aliphatic carbocycles. The van der Waals surface area contributed by atoms with Crippen LogP contribution >= 0.6 is 11.3 Å². The van der Waals surface area contributed by atoms with Crippen molar-refractivity contribution in [1.29, 1.82) is 5.41 Å². The average Bonchev–Trinajstić information content (AvgIpc) is 3.33. The minimum atomic E-state index is -0.0162. The topological polar surface area (TPSA) is 89.8 Å². The van der Waals surface area contributed by atoms with Crippen LogP contribution in [0.2, 0.25) is 0 Å². The molecule has 2 aromatic carbocycles. The third-order valence-corrected chi connectivity index (χ3v) is 6.39. The lowest BCUT2D eigenvalue weighted by Crippen LogP contribution is -2.40. The Labute approximate surface area is 177 Å². The first kappa shape index (κ1) is 18.8. The molecule has 2 aliphatic rings.